The predicted octanol–water partition coefficient (Wildman–Crippen LogP) is 3.43. The summed E-state index contributed by atoms with van der Waals surface area (Å²) >= 11 is 1.42. The Bertz CT molecular complexity index is 1060. The van der Waals surface area contributed by atoms with Crippen LogP contribution in [0.2, 0.25) is 0 Å². The lowest BCUT2D eigenvalue weighted by atomic mass is 10.1. The number of thiophene rings is 1. The number of amides is 2. The van der Waals surface area contributed by atoms with Crippen molar-refractivity contribution in [2.45, 2.75) is 6.92 Å². The fourth-order valence-electron chi connectivity index (χ4n) is 3.41. The number of carbonyl (C=O) groups is 2. The summed E-state index contributed by atoms with van der Waals surface area (Å²) in [4.78, 5) is 27.7. The first-order chi connectivity index (χ1) is 15.6. The maximum Gasteiger partial charge on any atom is 0.279 e. The SMILES string of the molecule is Cc1ccc(NCC(=O)NNC(=O)c2cc(-c3ccccc3)c(N3CCOCC3)s2)cc1. The molecule has 2 heterocycles. The van der Waals surface area contributed by atoms with Gasteiger partial charge in [-0.3, -0.25) is 20.4 Å². The molecular formula is C24H26N4O3S. The topological polar surface area (TPSA) is 82.7 Å². The highest BCUT2D eigenvalue weighted by atomic mass is 32.1. The van der Waals surface area contributed by atoms with Crippen molar-refractivity contribution in [3.05, 3.63) is 71.1 Å². The monoisotopic (exact) mass is 450 g/mol. The summed E-state index contributed by atoms with van der Waals surface area (Å²) in [6.45, 7) is 4.95. The van der Waals surface area contributed by atoms with Gasteiger partial charge in [-0.2, -0.15) is 0 Å². The van der Waals surface area contributed by atoms with Gasteiger partial charge in [0, 0.05) is 24.3 Å². The number of morpholine rings is 1. The Labute approximate surface area is 191 Å². The molecule has 8 heteroatoms. The van der Waals surface area contributed by atoms with E-state index in [0.29, 0.717) is 18.1 Å². The summed E-state index contributed by atoms with van der Waals surface area (Å²) in [7, 11) is 0. The summed E-state index contributed by atoms with van der Waals surface area (Å²) in [6, 6.07) is 19.6. The average molecular weight is 451 g/mol. The van der Waals surface area contributed by atoms with Crippen molar-refractivity contribution in [2.75, 3.05) is 43.1 Å². The second-order valence-corrected chi connectivity index (χ2v) is 8.55. The molecule has 7 nitrogen and oxygen atoms in total. The van der Waals surface area contributed by atoms with Crippen LogP contribution in [0.3, 0.4) is 0 Å². The van der Waals surface area contributed by atoms with Crippen LogP contribution >= 0.6 is 11.3 Å². The van der Waals surface area contributed by atoms with Gasteiger partial charge in [0.2, 0.25) is 0 Å². The lowest BCUT2D eigenvalue weighted by Gasteiger charge is -2.28. The molecule has 0 spiro atoms. The number of hydrazine groups is 1. The van der Waals surface area contributed by atoms with Crippen LogP contribution in [0, 0.1) is 6.92 Å². The minimum atomic E-state index is -0.338. The number of nitrogens with zero attached hydrogens (tertiary/aromatic N) is 1. The molecule has 4 rings (SSSR count). The average Bonchev–Trinajstić information content (AvgIpc) is 3.29. The summed E-state index contributed by atoms with van der Waals surface area (Å²) in [5.41, 5.74) is 9.06. The van der Waals surface area contributed by atoms with Crippen molar-refractivity contribution in [3.63, 3.8) is 0 Å². The summed E-state index contributed by atoms with van der Waals surface area (Å²) in [6.07, 6.45) is 0. The zero-order chi connectivity index (χ0) is 22.3. The molecule has 0 saturated carbocycles. The Balaban J connectivity index is 1.41. The minimum absolute atomic E-state index is 0.0576. The predicted molar refractivity (Wildman–Crippen MR) is 128 cm³/mol. The molecule has 32 heavy (non-hydrogen) atoms. The molecule has 2 aromatic carbocycles. The van der Waals surface area contributed by atoms with Crippen molar-refractivity contribution in [3.8, 4) is 11.1 Å². The van der Waals surface area contributed by atoms with Gasteiger partial charge in [-0.1, -0.05) is 48.0 Å². The second kappa shape index (κ2) is 10.3. The number of benzene rings is 2. The van der Waals surface area contributed by atoms with Crippen LogP contribution in [-0.2, 0) is 9.53 Å². The Morgan fingerprint density at radius 3 is 2.44 bits per heavy atom. The molecular weight excluding hydrogens is 424 g/mol. The van der Waals surface area contributed by atoms with Gasteiger partial charge >= 0.3 is 0 Å². The molecule has 0 aliphatic carbocycles. The van der Waals surface area contributed by atoms with Gasteiger partial charge in [0.15, 0.2) is 0 Å². The third kappa shape index (κ3) is 5.46. The number of hydrogen-bond acceptors (Lipinski definition) is 6. The minimum Gasteiger partial charge on any atom is -0.378 e. The zero-order valence-electron chi connectivity index (χ0n) is 17.9. The number of hydrogen-bond donors (Lipinski definition) is 3. The number of ether oxygens (including phenoxy) is 1. The summed E-state index contributed by atoms with van der Waals surface area (Å²) < 4.78 is 5.48. The van der Waals surface area contributed by atoms with E-state index in [9.17, 15) is 9.59 Å². The van der Waals surface area contributed by atoms with Gasteiger partial charge in [0.05, 0.1) is 29.6 Å². The number of aryl methyl sites for hydroxylation is 1. The molecule has 3 N–H and O–H groups in total. The van der Waals surface area contributed by atoms with Crippen molar-refractivity contribution in [1.82, 2.24) is 10.9 Å². The molecule has 0 unspecified atom stereocenters. The smallest absolute Gasteiger partial charge is 0.279 e. The van der Waals surface area contributed by atoms with Gasteiger partial charge < -0.3 is 15.0 Å². The third-order valence-corrected chi connectivity index (χ3v) is 6.33. The van der Waals surface area contributed by atoms with Crippen LogP contribution in [0.5, 0.6) is 0 Å². The molecule has 166 valence electrons. The normalized spacial score (nSPS) is 13.5. The highest BCUT2D eigenvalue weighted by molar-refractivity contribution is 7.18. The number of rotatable bonds is 6. The number of anilines is 2. The van der Waals surface area contributed by atoms with Crippen LogP contribution in [0.25, 0.3) is 11.1 Å². The van der Waals surface area contributed by atoms with Gasteiger partial charge in [0.25, 0.3) is 11.8 Å². The van der Waals surface area contributed by atoms with Crippen molar-refractivity contribution >= 4 is 33.8 Å². The van der Waals surface area contributed by atoms with E-state index >= 15 is 0 Å². The first-order valence-electron chi connectivity index (χ1n) is 10.5. The number of nitrogens with one attached hydrogen (secondary N) is 3. The molecule has 3 aromatic rings. The summed E-state index contributed by atoms with van der Waals surface area (Å²) in [5.74, 6) is -0.664. The molecule has 1 fully saturated rings. The third-order valence-electron chi connectivity index (χ3n) is 5.14. The highest BCUT2D eigenvalue weighted by Gasteiger charge is 2.22. The Hall–Kier alpha value is -3.36. The number of carbonyl (C=O) groups excluding carboxylic acids is 2. The molecule has 1 aliphatic heterocycles. The van der Waals surface area contributed by atoms with Crippen molar-refractivity contribution in [1.29, 1.82) is 0 Å². The molecule has 1 aromatic heterocycles. The van der Waals surface area contributed by atoms with Crippen LogP contribution < -0.4 is 21.1 Å². The summed E-state index contributed by atoms with van der Waals surface area (Å²) in [5, 5.41) is 4.07. The molecule has 0 atom stereocenters. The zero-order valence-corrected chi connectivity index (χ0v) is 18.7. The maximum atomic E-state index is 12.8. The van der Waals surface area contributed by atoms with E-state index in [-0.39, 0.29) is 18.4 Å². The molecule has 0 radical (unpaired) electrons. The van der Waals surface area contributed by atoms with Gasteiger partial charge in [-0.15, -0.1) is 11.3 Å². The molecule has 2 amide bonds. The standard InChI is InChI=1S/C24H26N4O3S/c1-17-7-9-19(10-8-17)25-16-22(29)26-27-23(30)21-15-20(18-5-3-2-4-6-18)24(32-21)28-11-13-31-14-12-28/h2-10,15,25H,11-14,16H2,1H3,(H,26,29)(H,27,30). The quantitative estimate of drug-likeness (QED) is 0.501. The fourth-order valence-corrected chi connectivity index (χ4v) is 4.53. The lowest BCUT2D eigenvalue weighted by molar-refractivity contribution is -0.120. The van der Waals surface area contributed by atoms with E-state index in [1.807, 2.05) is 67.6 Å². The van der Waals surface area contributed by atoms with E-state index < -0.39 is 0 Å². The highest BCUT2D eigenvalue weighted by Crippen LogP contribution is 2.39. The Kier molecular flexibility index (Phi) is 7.03. The Morgan fingerprint density at radius 1 is 1.00 bits per heavy atom. The van der Waals surface area contributed by atoms with Crippen LogP contribution in [0.1, 0.15) is 15.2 Å². The van der Waals surface area contributed by atoms with Crippen molar-refractivity contribution in [2.24, 2.45) is 0 Å². The molecule has 1 aliphatic rings. The first kappa shape index (κ1) is 21.9. The second-order valence-electron chi connectivity index (χ2n) is 7.52. The Morgan fingerprint density at radius 2 is 1.72 bits per heavy atom. The molecule has 1 saturated heterocycles. The van der Waals surface area contributed by atoms with E-state index in [0.717, 1.165) is 40.5 Å². The fraction of sp³-hybridized carbons (Fsp3) is 0.250. The lowest BCUT2D eigenvalue weighted by Crippen LogP contribution is -2.43. The van der Waals surface area contributed by atoms with E-state index in [1.165, 1.54) is 11.3 Å². The van der Waals surface area contributed by atoms with E-state index in [4.69, 9.17) is 4.74 Å². The molecule has 0 bridgehead atoms. The van der Waals surface area contributed by atoms with Gasteiger partial charge in [0.1, 0.15) is 0 Å². The maximum absolute atomic E-state index is 12.8. The van der Waals surface area contributed by atoms with Gasteiger partial charge in [-0.25, -0.2) is 0 Å². The van der Waals surface area contributed by atoms with E-state index in [2.05, 4.69) is 21.1 Å². The van der Waals surface area contributed by atoms with Crippen LogP contribution in [0.15, 0.2) is 60.7 Å². The van der Waals surface area contributed by atoms with Crippen LogP contribution in [0.4, 0.5) is 10.7 Å². The van der Waals surface area contributed by atoms with Crippen molar-refractivity contribution < 1.29 is 14.3 Å². The van der Waals surface area contributed by atoms with E-state index in [1.54, 1.807) is 0 Å². The van der Waals surface area contributed by atoms with Gasteiger partial charge in [-0.05, 0) is 30.7 Å². The largest absolute Gasteiger partial charge is 0.378 e. The first-order valence-corrected chi connectivity index (χ1v) is 11.3. The van der Waals surface area contributed by atoms with Crippen LogP contribution in [-0.4, -0.2) is 44.7 Å².